The van der Waals surface area contributed by atoms with Crippen LogP contribution in [-0.4, -0.2) is 104 Å². The van der Waals surface area contributed by atoms with Gasteiger partial charge in [0.1, 0.15) is 0 Å². The molecule has 0 amide bonds. The monoisotopic (exact) mass is 746 g/mol. The summed E-state index contributed by atoms with van der Waals surface area (Å²) in [5.41, 5.74) is 6.73. The third-order valence-electron chi connectivity index (χ3n) is 10.2. The zero-order valence-electron chi connectivity index (χ0n) is 31.6. The Morgan fingerprint density at radius 2 is 1.18 bits per heavy atom. The molecule has 2 aliphatic heterocycles. The Morgan fingerprint density at radius 1 is 0.727 bits per heavy atom. The second-order valence-corrected chi connectivity index (χ2v) is 13.8. The van der Waals surface area contributed by atoms with E-state index in [-0.39, 0.29) is 23.6 Å². The van der Waals surface area contributed by atoms with E-state index in [4.69, 9.17) is 14.6 Å². The standard InChI is InChI=1S/C21H24N4O3.C20H22N4O3/c1-3-28-21(27)17-13-18(24-11-9-16(26)10-12-24)19-14(2)23-25(20(19)22-17)15-7-5-4-6-8-15;1-13-18-17(23-10-8-15(27-2)9-11-23)12-16(20(25)26)21-19(18)24(22-13)14-6-4-3-5-7-14/h4-8,13,16,26H,3,9-12H2,1-2H3;3-7,12,15H,8-11H2,1-2H3,(H,25,26). The Kier molecular flexibility index (Phi) is 11.1. The first-order valence-corrected chi connectivity index (χ1v) is 18.7. The number of carboxylic acid groups (broad SMARTS) is 1. The highest BCUT2D eigenvalue weighted by Gasteiger charge is 2.27. The smallest absolute Gasteiger partial charge is 0.357 e. The molecule has 286 valence electrons. The Bertz CT molecular complexity index is 2290. The zero-order chi connectivity index (χ0) is 38.6. The van der Waals surface area contributed by atoms with Crippen LogP contribution in [0.15, 0.2) is 72.8 Å². The first-order chi connectivity index (χ1) is 26.7. The number of carbonyl (C=O) groups is 2. The number of rotatable bonds is 8. The van der Waals surface area contributed by atoms with Gasteiger partial charge in [-0.3, -0.25) is 0 Å². The Labute approximate surface area is 318 Å². The van der Waals surface area contributed by atoms with E-state index in [2.05, 4.69) is 24.9 Å². The molecule has 0 aliphatic carbocycles. The third kappa shape index (κ3) is 7.73. The normalized spacial score (nSPS) is 15.3. The van der Waals surface area contributed by atoms with Crippen LogP contribution in [0.2, 0.25) is 0 Å². The number of benzene rings is 2. The Morgan fingerprint density at radius 3 is 1.64 bits per heavy atom. The van der Waals surface area contributed by atoms with Crippen molar-refractivity contribution < 1.29 is 29.3 Å². The molecule has 6 heterocycles. The number of aliphatic hydroxyl groups excluding tert-OH is 1. The van der Waals surface area contributed by atoms with Crippen LogP contribution in [0.3, 0.4) is 0 Å². The van der Waals surface area contributed by atoms with Crippen molar-refractivity contribution in [2.75, 3.05) is 49.7 Å². The second kappa shape index (κ2) is 16.2. The van der Waals surface area contributed by atoms with E-state index in [0.717, 1.165) is 83.9 Å². The number of piperidine rings is 2. The SMILES string of the molecule is CCOC(=O)c1cc(N2CCC(O)CC2)c2c(C)nn(-c3ccccc3)c2n1.COC1CCN(c2cc(C(=O)O)nc3c2c(C)nn3-c2ccccc2)CC1. The van der Waals surface area contributed by atoms with Crippen LogP contribution in [0.25, 0.3) is 33.4 Å². The van der Waals surface area contributed by atoms with Crippen LogP contribution < -0.4 is 9.80 Å². The molecule has 0 atom stereocenters. The number of para-hydroxylation sites is 2. The lowest BCUT2D eigenvalue weighted by Crippen LogP contribution is -2.36. The number of nitrogens with zero attached hydrogens (tertiary/aromatic N) is 8. The molecule has 2 aromatic carbocycles. The summed E-state index contributed by atoms with van der Waals surface area (Å²) in [6, 6.07) is 22.9. The molecule has 0 radical (unpaired) electrons. The number of aryl methyl sites for hydroxylation is 2. The molecule has 2 fully saturated rings. The minimum Gasteiger partial charge on any atom is -0.477 e. The van der Waals surface area contributed by atoms with E-state index in [9.17, 15) is 19.8 Å². The lowest BCUT2D eigenvalue weighted by Gasteiger charge is -2.33. The topological polar surface area (TPSA) is 161 Å². The van der Waals surface area contributed by atoms with E-state index in [1.54, 1.807) is 35.5 Å². The number of hydrogen-bond acceptors (Lipinski definition) is 11. The molecule has 0 unspecified atom stereocenters. The number of aromatic carboxylic acids is 1. The van der Waals surface area contributed by atoms with Gasteiger partial charge in [-0.1, -0.05) is 36.4 Å². The van der Waals surface area contributed by atoms with Crippen molar-refractivity contribution in [3.8, 4) is 11.4 Å². The summed E-state index contributed by atoms with van der Waals surface area (Å²) in [4.78, 5) is 37.6. The molecule has 14 heteroatoms. The quantitative estimate of drug-likeness (QED) is 0.178. The highest BCUT2D eigenvalue weighted by atomic mass is 16.5. The minimum absolute atomic E-state index is 0.0310. The van der Waals surface area contributed by atoms with Crippen LogP contribution in [0.5, 0.6) is 0 Å². The maximum atomic E-state index is 12.5. The highest BCUT2D eigenvalue weighted by molar-refractivity contribution is 5.99. The highest BCUT2D eigenvalue weighted by Crippen LogP contribution is 2.35. The first-order valence-electron chi connectivity index (χ1n) is 18.7. The molecule has 6 aromatic rings. The summed E-state index contributed by atoms with van der Waals surface area (Å²) in [5, 5.41) is 30.6. The zero-order valence-corrected chi connectivity index (χ0v) is 31.6. The minimum atomic E-state index is -1.04. The molecule has 0 bridgehead atoms. The number of aromatic nitrogens is 6. The number of anilines is 2. The fraction of sp³-hybridized carbons (Fsp3) is 0.366. The molecular formula is C41H46N8O6. The predicted molar refractivity (Wildman–Crippen MR) is 210 cm³/mol. The summed E-state index contributed by atoms with van der Waals surface area (Å²) in [5.74, 6) is -1.48. The van der Waals surface area contributed by atoms with E-state index in [1.807, 2.05) is 74.5 Å². The summed E-state index contributed by atoms with van der Waals surface area (Å²) >= 11 is 0. The van der Waals surface area contributed by atoms with Crippen molar-refractivity contribution in [1.29, 1.82) is 0 Å². The molecule has 2 saturated heterocycles. The Balaban J connectivity index is 0.000000169. The van der Waals surface area contributed by atoms with Crippen molar-refractivity contribution >= 4 is 45.4 Å². The molecule has 4 aromatic heterocycles. The van der Waals surface area contributed by atoms with Gasteiger partial charge in [0.2, 0.25) is 0 Å². The van der Waals surface area contributed by atoms with Gasteiger partial charge in [-0.15, -0.1) is 0 Å². The summed E-state index contributed by atoms with van der Waals surface area (Å²) in [7, 11) is 1.74. The predicted octanol–water partition coefficient (Wildman–Crippen LogP) is 5.91. The molecule has 0 spiro atoms. The van der Waals surface area contributed by atoms with Crippen molar-refractivity contribution in [2.45, 2.75) is 58.7 Å². The average molecular weight is 747 g/mol. The number of ether oxygens (including phenoxy) is 2. The van der Waals surface area contributed by atoms with Crippen molar-refractivity contribution in [1.82, 2.24) is 29.5 Å². The van der Waals surface area contributed by atoms with E-state index in [0.29, 0.717) is 30.7 Å². The van der Waals surface area contributed by atoms with Crippen LogP contribution in [0, 0.1) is 13.8 Å². The third-order valence-corrected chi connectivity index (χ3v) is 10.2. The molecule has 2 aliphatic rings. The number of hydrogen-bond donors (Lipinski definition) is 2. The van der Waals surface area contributed by atoms with Gasteiger partial charge in [0, 0.05) is 33.3 Å². The number of methoxy groups -OCH3 is 1. The van der Waals surface area contributed by atoms with Gasteiger partial charge in [-0.25, -0.2) is 28.9 Å². The molecule has 0 saturated carbocycles. The van der Waals surface area contributed by atoms with Crippen molar-refractivity contribution in [2.24, 2.45) is 0 Å². The maximum absolute atomic E-state index is 12.5. The first kappa shape index (κ1) is 37.5. The lowest BCUT2D eigenvalue weighted by atomic mass is 10.1. The number of pyridine rings is 2. The lowest BCUT2D eigenvalue weighted by molar-refractivity contribution is 0.0519. The van der Waals surface area contributed by atoms with Crippen LogP contribution >= 0.6 is 0 Å². The molecular weight excluding hydrogens is 701 g/mol. The van der Waals surface area contributed by atoms with Crippen molar-refractivity contribution in [3.63, 3.8) is 0 Å². The second-order valence-electron chi connectivity index (χ2n) is 13.8. The maximum Gasteiger partial charge on any atom is 0.357 e. The molecule has 2 N–H and O–H groups in total. The molecule has 14 nitrogen and oxygen atoms in total. The number of carboxylic acids is 1. The fourth-order valence-corrected chi connectivity index (χ4v) is 7.39. The van der Waals surface area contributed by atoms with Crippen molar-refractivity contribution in [3.05, 3.63) is 95.6 Å². The van der Waals surface area contributed by atoms with E-state index >= 15 is 0 Å². The van der Waals surface area contributed by atoms with Gasteiger partial charge >= 0.3 is 11.9 Å². The van der Waals surface area contributed by atoms with Gasteiger partial charge < -0.3 is 29.5 Å². The van der Waals surface area contributed by atoms with Crippen LogP contribution in [-0.2, 0) is 9.47 Å². The van der Waals surface area contributed by atoms with E-state index < -0.39 is 11.9 Å². The summed E-state index contributed by atoms with van der Waals surface area (Å²) < 4.78 is 14.2. The van der Waals surface area contributed by atoms with Crippen LogP contribution in [0.1, 0.15) is 65.0 Å². The van der Waals surface area contributed by atoms with Gasteiger partial charge in [0.05, 0.1) is 63.7 Å². The molecule has 8 rings (SSSR count). The summed E-state index contributed by atoms with van der Waals surface area (Å²) in [6.45, 7) is 9.03. The fourth-order valence-electron chi connectivity index (χ4n) is 7.39. The van der Waals surface area contributed by atoms with Gasteiger partial charge in [-0.2, -0.15) is 10.2 Å². The van der Waals surface area contributed by atoms with Gasteiger partial charge in [0.15, 0.2) is 22.7 Å². The van der Waals surface area contributed by atoms with Gasteiger partial charge in [0.25, 0.3) is 0 Å². The summed E-state index contributed by atoms with van der Waals surface area (Å²) in [6.07, 6.45) is 3.20. The number of fused-ring (bicyclic) bond motifs is 2. The van der Waals surface area contributed by atoms with Gasteiger partial charge in [-0.05, 0) is 82.9 Å². The largest absolute Gasteiger partial charge is 0.477 e. The van der Waals surface area contributed by atoms with Crippen LogP contribution in [0.4, 0.5) is 11.4 Å². The number of carbonyl (C=O) groups excluding carboxylic acids is 1. The Hall–Kier alpha value is -5.86. The average Bonchev–Trinajstić information content (AvgIpc) is 3.74. The number of esters is 1. The molecule has 55 heavy (non-hydrogen) atoms. The van der Waals surface area contributed by atoms with E-state index in [1.165, 1.54) is 0 Å². The number of aliphatic hydroxyl groups is 1.